The summed E-state index contributed by atoms with van der Waals surface area (Å²) >= 11 is 0. The number of hydrogen-bond acceptors (Lipinski definition) is 4. The van der Waals surface area contributed by atoms with Crippen LogP contribution < -0.4 is 10.1 Å². The highest BCUT2D eigenvalue weighted by atomic mass is 32.2. The maximum Gasteiger partial charge on any atom is 0.243 e. The fourth-order valence-corrected chi connectivity index (χ4v) is 5.09. The third kappa shape index (κ3) is 5.36. The van der Waals surface area contributed by atoms with Crippen LogP contribution in [0.3, 0.4) is 0 Å². The van der Waals surface area contributed by atoms with Crippen LogP contribution in [0.1, 0.15) is 36.8 Å². The lowest BCUT2D eigenvalue weighted by Gasteiger charge is -2.20. The quantitative estimate of drug-likeness (QED) is 0.778. The molecule has 3 rings (SSSR count). The van der Waals surface area contributed by atoms with E-state index >= 15 is 0 Å². The fraction of sp³-hybridized carbons (Fsp3) is 0.409. The summed E-state index contributed by atoms with van der Waals surface area (Å²) in [5, 5.41) is 2.81. The van der Waals surface area contributed by atoms with Gasteiger partial charge in [-0.15, -0.1) is 0 Å². The van der Waals surface area contributed by atoms with Crippen molar-refractivity contribution in [2.24, 2.45) is 0 Å². The van der Waals surface area contributed by atoms with Crippen LogP contribution in [0.25, 0.3) is 0 Å². The first-order chi connectivity index (χ1) is 13.9. The Bertz CT molecular complexity index is 965. The van der Waals surface area contributed by atoms with Crippen LogP contribution in [0.5, 0.6) is 5.75 Å². The predicted octanol–water partition coefficient (Wildman–Crippen LogP) is 3.75. The number of hydrogen-bond donors (Lipinski definition) is 1. The van der Waals surface area contributed by atoms with Crippen LogP contribution in [0.15, 0.2) is 47.4 Å². The van der Waals surface area contributed by atoms with Gasteiger partial charge >= 0.3 is 0 Å². The smallest absolute Gasteiger partial charge is 0.243 e. The third-order valence-corrected chi connectivity index (χ3v) is 7.05. The number of aryl methyl sites for hydroxylation is 1. The van der Waals surface area contributed by atoms with Crippen molar-refractivity contribution in [3.05, 3.63) is 53.6 Å². The molecule has 1 N–H and O–H groups in total. The number of nitrogens with one attached hydrogen (secondary N) is 1. The Morgan fingerprint density at radius 2 is 1.79 bits per heavy atom. The largest absolute Gasteiger partial charge is 0.496 e. The second-order valence-electron chi connectivity index (χ2n) is 7.38. The van der Waals surface area contributed by atoms with Crippen molar-refractivity contribution in [3.8, 4) is 5.75 Å². The molecule has 2 aromatic carbocycles. The normalized spacial score (nSPS) is 15.5. The van der Waals surface area contributed by atoms with Gasteiger partial charge in [0.15, 0.2) is 0 Å². The molecule has 1 saturated heterocycles. The van der Waals surface area contributed by atoms with Gasteiger partial charge in [-0.1, -0.05) is 31.0 Å². The lowest BCUT2D eigenvalue weighted by atomic mass is 10.1. The Kier molecular flexibility index (Phi) is 6.92. The molecular weight excluding hydrogens is 388 g/mol. The summed E-state index contributed by atoms with van der Waals surface area (Å²) < 4.78 is 32.8. The molecule has 0 bridgehead atoms. The number of carbonyl (C=O) groups is 1. The molecule has 6 nitrogen and oxygen atoms in total. The van der Waals surface area contributed by atoms with Crippen molar-refractivity contribution in [1.29, 1.82) is 0 Å². The van der Waals surface area contributed by atoms with Crippen LogP contribution in [0.2, 0.25) is 0 Å². The summed E-state index contributed by atoms with van der Waals surface area (Å²) in [6.45, 7) is 3.04. The molecule has 2 aromatic rings. The van der Waals surface area contributed by atoms with E-state index in [9.17, 15) is 13.2 Å². The molecule has 1 fully saturated rings. The third-order valence-electron chi connectivity index (χ3n) is 5.16. The summed E-state index contributed by atoms with van der Waals surface area (Å²) in [5.74, 6) is 0.529. The van der Waals surface area contributed by atoms with Gasteiger partial charge in [0.05, 0.1) is 18.4 Å². The van der Waals surface area contributed by atoms with E-state index in [4.69, 9.17) is 4.74 Å². The van der Waals surface area contributed by atoms with E-state index in [1.807, 2.05) is 25.1 Å². The zero-order valence-electron chi connectivity index (χ0n) is 17.0. The van der Waals surface area contributed by atoms with Crippen molar-refractivity contribution in [2.45, 2.75) is 43.9 Å². The summed E-state index contributed by atoms with van der Waals surface area (Å²) in [5.41, 5.74) is 2.31. The van der Waals surface area contributed by atoms with Gasteiger partial charge in [-0.25, -0.2) is 8.42 Å². The van der Waals surface area contributed by atoms with Gasteiger partial charge in [-0.05, 0) is 55.2 Å². The van der Waals surface area contributed by atoms with Crippen LogP contribution in [-0.2, 0) is 21.2 Å². The highest BCUT2D eigenvalue weighted by molar-refractivity contribution is 7.89. The average Bonchev–Trinajstić information content (AvgIpc) is 2.99. The highest BCUT2D eigenvalue weighted by Crippen LogP contribution is 2.23. The summed E-state index contributed by atoms with van der Waals surface area (Å²) in [4.78, 5) is 12.7. The molecule has 29 heavy (non-hydrogen) atoms. The molecule has 0 aliphatic carbocycles. The van der Waals surface area contributed by atoms with E-state index in [1.54, 1.807) is 29.6 Å². The van der Waals surface area contributed by atoms with Crippen molar-refractivity contribution in [2.75, 3.05) is 25.5 Å². The number of anilines is 1. The van der Waals surface area contributed by atoms with Gasteiger partial charge in [0.1, 0.15) is 5.75 Å². The van der Waals surface area contributed by atoms with E-state index in [2.05, 4.69) is 5.32 Å². The van der Waals surface area contributed by atoms with Gasteiger partial charge < -0.3 is 10.1 Å². The Morgan fingerprint density at radius 3 is 2.48 bits per heavy atom. The number of benzene rings is 2. The molecule has 1 amide bonds. The van der Waals surface area contributed by atoms with Gasteiger partial charge in [0.25, 0.3) is 0 Å². The Balaban J connectivity index is 1.71. The second kappa shape index (κ2) is 9.41. The number of ether oxygens (including phenoxy) is 1. The monoisotopic (exact) mass is 416 g/mol. The molecule has 0 spiro atoms. The molecule has 0 radical (unpaired) electrons. The van der Waals surface area contributed by atoms with Crippen molar-refractivity contribution in [1.82, 2.24) is 4.31 Å². The zero-order chi connectivity index (χ0) is 20.9. The first kappa shape index (κ1) is 21.3. The predicted molar refractivity (Wildman–Crippen MR) is 114 cm³/mol. The maximum absolute atomic E-state index is 13.0. The Labute approximate surface area is 172 Å². The van der Waals surface area contributed by atoms with E-state index in [0.717, 1.165) is 42.6 Å². The highest BCUT2D eigenvalue weighted by Gasteiger charge is 2.25. The fourth-order valence-electron chi connectivity index (χ4n) is 3.53. The van der Waals surface area contributed by atoms with Gasteiger partial charge in [-0.3, -0.25) is 4.79 Å². The average molecular weight is 417 g/mol. The number of nitrogens with zero attached hydrogens (tertiary/aromatic N) is 1. The molecule has 0 saturated carbocycles. The zero-order valence-corrected chi connectivity index (χ0v) is 17.8. The van der Waals surface area contributed by atoms with Crippen LogP contribution >= 0.6 is 0 Å². The SMILES string of the molecule is COc1cc(CC(=O)Nc2cccc(S(=O)(=O)N3CCCCCC3)c2)ccc1C. The summed E-state index contributed by atoms with van der Waals surface area (Å²) in [6.07, 6.45) is 4.07. The van der Waals surface area contributed by atoms with E-state index < -0.39 is 10.0 Å². The van der Waals surface area contributed by atoms with Crippen molar-refractivity contribution < 1.29 is 17.9 Å². The first-order valence-corrected chi connectivity index (χ1v) is 11.4. The molecule has 1 heterocycles. The van der Waals surface area contributed by atoms with E-state index in [0.29, 0.717) is 18.8 Å². The summed E-state index contributed by atoms with van der Waals surface area (Å²) in [6, 6.07) is 12.1. The topological polar surface area (TPSA) is 75.7 Å². The lowest BCUT2D eigenvalue weighted by molar-refractivity contribution is -0.115. The number of rotatable bonds is 6. The van der Waals surface area contributed by atoms with Crippen molar-refractivity contribution >= 4 is 21.6 Å². The van der Waals surface area contributed by atoms with Gasteiger partial charge in [0.2, 0.25) is 15.9 Å². The number of sulfonamides is 1. The standard InChI is InChI=1S/C22H28N2O4S/c1-17-10-11-18(14-21(17)28-2)15-22(25)23-19-8-7-9-20(16-19)29(26,27)24-12-5-3-4-6-13-24/h7-11,14,16H,3-6,12-13,15H2,1-2H3,(H,23,25). The summed E-state index contributed by atoms with van der Waals surface area (Å²) in [7, 11) is -1.95. The minimum atomic E-state index is -3.55. The Morgan fingerprint density at radius 1 is 1.07 bits per heavy atom. The maximum atomic E-state index is 13.0. The number of methoxy groups -OCH3 is 1. The van der Waals surface area contributed by atoms with Gasteiger partial charge in [0, 0.05) is 18.8 Å². The minimum absolute atomic E-state index is 0.180. The molecule has 7 heteroatoms. The molecule has 1 aliphatic rings. The molecule has 156 valence electrons. The van der Waals surface area contributed by atoms with Crippen molar-refractivity contribution in [3.63, 3.8) is 0 Å². The number of amides is 1. The van der Waals surface area contributed by atoms with E-state index in [1.165, 1.54) is 6.07 Å². The molecule has 0 unspecified atom stereocenters. The number of carbonyl (C=O) groups excluding carboxylic acids is 1. The first-order valence-electron chi connectivity index (χ1n) is 9.94. The van der Waals surface area contributed by atoms with E-state index in [-0.39, 0.29) is 17.2 Å². The molecule has 0 atom stereocenters. The van der Waals surface area contributed by atoms with Crippen LogP contribution in [-0.4, -0.2) is 38.8 Å². The second-order valence-corrected chi connectivity index (χ2v) is 9.31. The Hall–Kier alpha value is -2.38. The molecular formula is C22H28N2O4S. The minimum Gasteiger partial charge on any atom is -0.496 e. The van der Waals surface area contributed by atoms with Crippen LogP contribution in [0.4, 0.5) is 5.69 Å². The van der Waals surface area contributed by atoms with Gasteiger partial charge in [-0.2, -0.15) is 4.31 Å². The van der Waals surface area contributed by atoms with Crippen LogP contribution in [0, 0.1) is 6.92 Å². The molecule has 1 aliphatic heterocycles. The lowest BCUT2D eigenvalue weighted by Crippen LogP contribution is -2.32. The molecule has 0 aromatic heterocycles.